The van der Waals surface area contributed by atoms with Crippen molar-refractivity contribution >= 4 is 11.6 Å². The Labute approximate surface area is 93.5 Å². The first kappa shape index (κ1) is 10.2. The van der Waals surface area contributed by atoms with Crippen LogP contribution >= 0.6 is 11.6 Å². The minimum atomic E-state index is -0.0535. The van der Waals surface area contributed by atoms with E-state index in [0.717, 1.165) is 10.6 Å². The molecule has 0 radical (unpaired) electrons. The van der Waals surface area contributed by atoms with Gasteiger partial charge in [-0.3, -0.25) is 4.68 Å². The summed E-state index contributed by atoms with van der Waals surface area (Å²) in [6.07, 6.45) is 3.64. The van der Waals surface area contributed by atoms with Gasteiger partial charge in [0.15, 0.2) is 0 Å². The van der Waals surface area contributed by atoms with Gasteiger partial charge in [-0.05, 0) is 23.8 Å². The quantitative estimate of drug-likeness (QED) is 0.864. The minimum absolute atomic E-state index is 0.0535. The predicted molar refractivity (Wildman–Crippen MR) is 60.6 cm³/mol. The Morgan fingerprint density at radius 2 is 2.07 bits per heavy atom. The number of hydrogen-bond donors (Lipinski definition) is 1. The number of aromatic nitrogens is 2. The fourth-order valence-electron chi connectivity index (χ4n) is 1.43. The zero-order valence-electron chi connectivity index (χ0n) is 8.18. The molecule has 0 aliphatic heterocycles. The number of halogens is 1. The van der Waals surface area contributed by atoms with Crippen LogP contribution in [-0.4, -0.2) is 9.78 Å². The van der Waals surface area contributed by atoms with Crippen LogP contribution in [0.25, 0.3) is 0 Å². The fourth-order valence-corrected chi connectivity index (χ4v) is 1.55. The van der Waals surface area contributed by atoms with Crippen LogP contribution in [0.2, 0.25) is 5.02 Å². The molecule has 1 atom stereocenters. The van der Waals surface area contributed by atoms with Crippen LogP contribution in [0.4, 0.5) is 0 Å². The second kappa shape index (κ2) is 4.47. The Morgan fingerprint density at radius 1 is 1.33 bits per heavy atom. The van der Waals surface area contributed by atoms with Gasteiger partial charge in [0.05, 0.1) is 6.54 Å². The number of nitrogens with zero attached hydrogens (tertiary/aromatic N) is 2. The Kier molecular flexibility index (Phi) is 3.04. The molecule has 0 unspecified atom stereocenters. The van der Waals surface area contributed by atoms with E-state index in [2.05, 4.69) is 5.10 Å². The molecule has 0 fully saturated rings. The Hall–Kier alpha value is -1.32. The highest BCUT2D eigenvalue weighted by Gasteiger charge is 2.06. The van der Waals surface area contributed by atoms with Gasteiger partial charge in [-0.1, -0.05) is 23.7 Å². The molecule has 15 heavy (non-hydrogen) atoms. The summed E-state index contributed by atoms with van der Waals surface area (Å²) >= 11 is 5.80. The molecule has 0 aliphatic carbocycles. The fraction of sp³-hybridized carbons (Fsp3) is 0.182. The summed E-state index contributed by atoms with van der Waals surface area (Å²) < 4.78 is 1.82. The van der Waals surface area contributed by atoms with Gasteiger partial charge in [0, 0.05) is 23.5 Å². The van der Waals surface area contributed by atoms with Crippen molar-refractivity contribution in [2.45, 2.75) is 12.6 Å². The molecule has 2 rings (SSSR count). The van der Waals surface area contributed by atoms with E-state index >= 15 is 0 Å². The maximum atomic E-state index is 6.03. The van der Waals surface area contributed by atoms with E-state index in [-0.39, 0.29) is 6.04 Å². The summed E-state index contributed by atoms with van der Waals surface area (Å²) in [5.41, 5.74) is 7.10. The van der Waals surface area contributed by atoms with Crippen molar-refractivity contribution in [2.24, 2.45) is 5.73 Å². The highest BCUT2D eigenvalue weighted by molar-refractivity contribution is 6.30. The molecule has 1 heterocycles. The first-order valence-electron chi connectivity index (χ1n) is 4.74. The molecular weight excluding hydrogens is 210 g/mol. The van der Waals surface area contributed by atoms with E-state index in [1.54, 1.807) is 6.20 Å². The average Bonchev–Trinajstić information content (AvgIpc) is 2.71. The monoisotopic (exact) mass is 221 g/mol. The van der Waals surface area contributed by atoms with Crippen molar-refractivity contribution in [3.8, 4) is 0 Å². The van der Waals surface area contributed by atoms with Crippen LogP contribution in [0.3, 0.4) is 0 Å². The van der Waals surface area contributed by atoms with Gasteiger partial charge in [0.2, 0.25) is 0 Å². The standard InChI is InChI=1S/C11H12ClN3/c12-10-4-2-9(3-5-10)11(13)8-15-7-1-6-14-15/h1-7,11H,8,13H2/t11-/m1/s1. The number of benzene rings is 1. The van der Waals surface area contributed by atoms with Crippen molar-refractivity contribution < 1.29 is 0 Å². The smallest absolute Gasteiger partial charge is 0.0602 e. The zero-order valence-corrected chi connectivity index (χ0v) is 8.93. The maximum absolute atomic E-state index is 6.03. The van der Waals surface area contributed by atoms with E-state index in [0.29, 0.717) is 6.54 Å². The third-order valence-corrected chi connectivity index (χ3v) is 2.49. The van der Waals surface area contributed by atoms with Gasteiger partial charge in [0.25, 0.3) is 0 Å². The van der Waals surface area contributed by atoms with E-state index in [4.69, 9.17) is 17.3 Å². The van der Waals surface area contributed by atoms with Crippen molar-refractivity contribution in [2.75, 3.05) is 0 Å². The largest absolute Gasteiger partial charge is 0.322 e. The van der Waals surface area contributed by atoms with Crippen molar-refractivity contribution in [1.82, 2.24) is 9.78 Å². The van der Waals surface area contributed by atoms with E-state index in [1.165, 1.54) is 0 Å². The molecule has 78 valence electrons. The highest BCUT2D eigenvalue weighted by atomic mass is 35.5. The summed E-state index contributed by atoms with van der Waals surface area (Å²) in [6, 6.07) is 9.41. The molecular formula is C11H12ClN3. The lowest BCUT2D eigenvalue weighted by Crippen LogP contribution is -2.17. The molecule has 2 N–H and O–H groups in total. The Bertz CT molecular complexity index is 408. The summed E-state index contributed by atoms with van der Waals surface area (Å²) in [7, 11) is 0. The van der Waals surface area contributed by atoms with Crippen molar-refractivity contribution in [1.29, 1.82) is 0 Å². The van der Waals surface area contributed by atoms with Gasteiger partial charge < -0.3 is 5.73 Å². The summed E-state index contributed by atoms with van der Waals surface area (Å²) in [4.78, 5) is 0. The molecule has 4 heteroatoms. The molecule has 0 saturated carbocycles. The molecule has 0 bridgehead atoms. The topological polar surface area (TPSA) is 43.8 Å². The van der Waals surface area contributed by atoms with Crippen LogP contribution in [0, 0.1) is 0 Å². The van der Waals surface area contributed by atoms with Gasteiger partial charge in [-0.2, -0.15) is 5.10 Å². The molecule has 3 nitrogen and oxygen atoms in total. The van der Waals surface area contributed by atoms with Crippen molar-refractivity contribution in [3.63, 3.8) is 0 Å². The Balaban J connectivity index is 2.08. The third-order valence-electron chi connectivity index (χ3n) is 2.24. The summed E-state index contributed by atoms with van der Waals surface area (Å²) in [6.45, 7) is 0.675. The van der Waals surface area contributed by atoms with E-state index in [9.17, 15) is 0 Å². The van der Waals surface area contributed by atoms with Gasteiger partial charge >= 0.3 is 0 Å². The molecule has 1 aromatic heterocycles. The third kappa shape index (κ3) is 2.58. The molecule has 2 aromatic rings. The average molecular weight is 222 g/mol. The number of hydrogen-bond acceptors (Lipinski definition) is 2. The van der Waals surface area contributed by atoms with Gasteiger partial charge in [-0.25, -0.2) is 0 Å². The minimum Gasteiger partial charge on any atom is -0.322 e. The summed E-state index contributed by atoms with van der Waals surface area (Å²) in [5.74, 6) is 0. The van der Waals surface area contributed by atoms with Crippen LogP contribution in [0.5, 0.6) is 0 Å². The van der Waals surface area contributed by atoms with Crippen LogP contribution < -0.4 is 5.73 Å². The van der Waals surface area contributed by atoms with Crippen LogP contribution in [-0.2, 0) is 6.54 Å². The lowest BCUT2D eigenvalue weighted by atomic mass is 10.1. The molecule has 0 saturated heterocycles. The molecule has 0 aliphatic rings. The normalized spacial score (nSPS) is 12.7. The summed E-state index contributed by atoms with van der Waals surface area (Å²) in [5, 5.41) is 4.84. The lowest BCUT2D eigenvalue weighted by Gasteiger charge is -2.11. The second-order valence-electron chi connectivity index (χ2n) is 3.39. The molecule has 1 aromatic carbocycles. The van der Waals surface area contributed by atoms with E-state index in [1.807, 2.05) is 41.2 Å². The van der Waals surface area contributed by atoms with Crippen LogP contribution in [0.1, 0.15) is 11.6 Å². The number of nitrogens with two attached hydrogens (primary N) is 1. The van der Waals surface area contributed by atoms with Crippen molar-refractivity contribution in [3.05, 3.63) is 53.3 Å². The van der Waals surface area contributed by atoms with E-state index < -0.39 is 0 Å². The molecule has 0 spiro atoms. The highest BCUT2D eigenvalue weighted by Crippen LogP contribution is 2.15. The maximum Gasteiger partial charge on any atom is 0.0602 e. The first-order valence-corrected chi connectivity index (χ1v) is 5.12. The SMILES string of the molecule is N[C@H](Cn1cccn1)c1ccc(Cl)cc1. The second-order valence-corrected chi connectivity index (χ2v) is 3.82. The first-order chi connectivity index (χ1) is 7.25. The van der Waals surface area contributed by atoms with Gasteiger partial charge in [-0.15, -0.1) is 0 Å². The van der Waals surface area contributed by atoms with Gasteiger partial charge in [0.1, 0.15) is 0 Å². The Morgan fingerprint density at radius 3 is 2.67 bits per heavy atom. The number of rotatable bonds is 3. The molecule has 0 amide bonds. The zero-order chi connectivity index (χ0) is 10.7. The lowest BCUT2D eigenvalue weighted by molar-refractivity contribution is 0.528. The van der Waals surface area contributed by atoms with Crippen LogP contribution in [0.15, 0.2) is 42.7 Å². The predicted octanol–water partition coefficient (Wildman–Crippen LogP) is 2.24.